The molecule has 2 amide bonds. The minimum atomic E-state index is -0.598. The Morgan fingerprint density at radius 3 is 2.21 bits per heavy atom. The minimum absolute atomic E-state index is 0.0296. The Hall–Kier alpha value is -1.75. The van der Waals surface area contributed by atoms with Crippen molar-refractivity contribution in [1.29, 1.82) is 0 Å². The van der Waals surface area contributed by atoms with Crippen LogP contribution in [0.1, 0.15) is 52.4 Å². The highest BCUT2D eigenvalue weighted by atomic mass is 35.5. The van der Waals surface area contributed by atoms with Gasteiger partial charge >= 0.3 is 0 Å². The van der Waals surface area contributed by atoms with Crippen LogP contribution in [0.3, 0.4) is 0 Å². The molecule has 6 heteroatoms. The van der Waals surface area contributed by atoms with E-state index in [2.05, 4.69) is 10.6 Å². The monoisotopic (exact) mass is 418 g/mol. The van der Waals surface area contributed by atoms with Gasteiger partial charge in [0.2, 0.25) is 11.8 Å². The van der Waals surface area contributed by atoms with Crippen LogP contribution in [0.2, 0.25) is 5.02 Å². The van der Waals surface area contributed by atoms with Crippen LogP contribution >= 0.6 is 11.6 Å². The number of hydrogen-bond donors (Lipinski definition) is 2. The first-order valence-corrected chi connectivity index (χ1v) is 11.1. The Balaban J connectivity index is 1.49. The van der Waals surface area contributed by atoms with E-state index in [4.69, 9.17) is 16.3 Å². The lowest BCUT2D eigenvalue weighted by Crippen LogP contribution is -2.57. The highest BCUT2D eigenvalue weighted by Crippen LogP contribution is 2.60. The maximum Gasteiger partial charge on any atom is 0.247 e. The fourth-order valence-corrected chi connectivity index (χ4v) is 6.38. The zero-order valence-corrected chi connectivity index (χ0v) is 18.2. The van der Waals surface area contributed by atoms with E-state index in [9.17, 15) is 9.59 Å². The summed E-state index contributed by atoms with van der Waals surface area (Å²) in [5, 5.41) is 6.53. The summed E-state index contributed by atoms with van der Waals surface area (Å²) in [6.07, 6.45) is 6.82. The predicted octanol–water partition coefficient (Wildman–Crippen LogP) is 4.64. The average Bonchev–Trinajstić information content (AvgIpc) is 2.64. The molecule has 4 fully saturated rings. The van der Waals surface area contributed by atoms with E-state index in [1.807, 2.05) is 13.8 Å². The lowest BCUT2D eigenvalue weighted by atomic mass is 9.49. The number of ether oxygens (including phenoxy) is 1. The van der Waals surface area contributed by atoms with Gasteiger partial charge in [-0.05, 0) is 80.4 Å². The van der Waals surface area contributed by atoms with E-state index >= 15 is 0 Å². The molecule has 0 aliphatic heterocycles. The summed E-state index contributed by atoms with van der Waals surface area (Å²) >= 11 is 6.08. The largest absolute Gasteiger partial charge is 0.495 e. The van der Waals surface area contributed by atoms with Crippen molar-refractivity contribution in [3.63, 3.8) is 0 Å². The van der Waals surface area contributed by atoms with Crippen molar-refractivity contribution in [3.05, 3.63) is 23.2 Å². The van der Waals surface area contributed by atoms with Gasteiger partial charge in [-0.25, -0.2) is 0 Å². The normalized spacial score (nSPS) is 30.9. The highest BCUT2D eigenvalue weighted by molar-refractivity contribution is 6.31. The Morgan fingerprint density at radius 2 is 1.69 bits per heavy atom. The molecule has 5 rings (SSSR count). The van der Waals surface area contributed by atoms with E-state index in [0.29, 0.717) is 34.2 Å². The summed E-state index contributed by atoms with van der Waals surface area (Å²) in [6, 6.07) is 4.50. The molecular weight excluding hydrogens is 388 g/mol. The van der Waals surface area contributed by atoms with Crippen molar-refractivity contribution in [2.24, 2.45) is 29.1 Å². The van der Waals surface area contributed by atoms with Crippen LogP contribution in [0.5, 0.6) is 5.75 Å². The Labute approximate surface area is 177 Å². The highest BCUT2D eigenvalue weighted by Gasteiger charge is 2.55. The Bertz CT molecular complexity index is 772. The minimum Gasteiger partial charge on any atom is -0.495 e. The lowest BCUT2D eigenvalue weighted by molar-refractivity contribution is -0.148. The van der Waals surface area contributed by atoms with E-state index in [1.165, 1.54) is 19.3 Å². The summed E-state index contributed by atoms with van der Waals surface area (Å²) in [5.74, 6) is 2.41. The number of rotatable bonds is 6. The quantitative estimate of drug-likeness (QED) is 0.706. The van der Waals surface area contributed by atoms with Crippen molar-refractivity contribution >= 4 is 29.1 Å². The van der Waals surface area contributed by atoms with Crippen LogP contribution in [-0.4, -0.2) is 25.0 Å². The van der Waals surface area contributed by atoms with Gasteiger partial charge in [-0.15, -0.1) is 0 Å². The summed E-state index contributed by atoms with van der Waals surface area (Å²) in [7, 11) is 1.55. The fourth-order valence-electron chi connectivity index (χ4n) is 6.21. The zero-order chi connectivity index (χ0) is 20.8. The average molecular weight is 419 g/mol. The van der Waals surface area contributed by atoms with Gasteiger partial charge in [0.1, 0.15) is 11.8 Å². The number of benzene rings is 1. The Morgan fingerprint density at radius 1 is 1.10 bits per heavy atom. The van der Waals surface area contributed by atoms with Gasteiger partial charge in [-0.1, -0.05) is 25.4 Å². The predicted molar refractivity (Wildman–Crippen MR) is 114 cm³/mol. The molecule has 1 aromatic rings. The van der Waals surface area contributed by atoms with Crippen molar-refractivity contribution < 1.29 is 14.3 Å². The van der Waals surface area contributed by atoms with Crippen LogP contribution in [-0.2, 0) is 9.59 Å². The Kier molecular flexibility index (Phi) is 5.54. The number of anilines is 1. The summed E-state index contributed by atoms with van der Waals surface area (Å²) < 4.78 is 5.33. The molecule has 1 aromatic carbocycles. The molecule has 4 aliphatic rings. The third kappa shape index (κ3) is 3.98. The number of amides is 2. The molecule has 0 saturated heterocycles. The molecule has 0 radical (unpaired) electrons. The number of nitrogens with one attached hydrogen (secondary N) is 2. The third-order valence-corrected chi connectivity index (χ3v) is 7.41. The van der Waals surface area contributed by atoms with Crippen molar-refractivity contribution in [3.8, 4) is 5.75 Å². The van der Waals surface area contributed by atoms with E-state index in [0.717, 1.165) is 19.3 Å². The first kappa shape index (κ1) is 20.5. The van der Waals surface area contributed by atoms with E-state index < -0.39 is 6.04 Å². The smallest absolute Gasteiger partial charge is 0.247 e. The fraction of sp³-hybridized carbons (Fsp3) is 0.652. The van der Waals surface area contributed by atoms with Crippen molar-refractivity contribution in [2.45, 2.75) is 58.4 Å². The van der Waals surface area contributed by atoms with Gasteiger partial charge in [-0.2, -0.15) is 0 Å². The second kappa shape index (κ2) is 7.82. The number of hydrogen-bond acceptors (Lipinski definition) is 3. The summed E-state index contributed by atoms with van der Waals surface area (Å²) in [6.45, 7) is 3.92. The molecule has 5 nitrogen and oxygen atoms in total. The molecule has 158 valence electrons. The van der Waals surface area contributed by atoms with Crippen LogP contribution in [0.25, 0.3) is 0 Å². The van der Waals surface area contributed by atoms with Crippen LogP contribution in [0, 0.1) is 29.1 Å². The third-order valence-electron chi connectivity index (χ3n) is 7.18. The number of methoxy groups -OCH3 is 1. The van der Waals surface area contributed by atoms with Gasteiger partial charge in [0.25, 0.3) is 0 Å². The number of carbonyl (C=O) groups excluding carboxylic acids is 2. The van der Waals surface area contributed by atoms with Gasteiger partial charge in [0, 0.05) is 10.4 Å². The van der Waals surface area contributed by atoms with Crippen LogP contribution < -0.4 is 15.4 Å². The van der Waals surface area contributed by atoms with Crippen molar-refractivity contribution in [1.82, 2.24) is 5.32 Å². The second-order valence-electron chi connectivity index (χ2n) is 9.73. The topological polar surface area (TPSA) is 67.4 Å². The van der Waals surface area contributed by atoms with Gasteiger partial charge < -0.3 is 15.4 Å². The van der Waals surface area contributed by atoms with Crippen LogP contribution in [0.4, 0.5) is 5.69 Å². The van der Waals surface area contributed by atoms with E-state index in [-0.39, 0.29) is 23.1 Å². The first-order valence-electron chi connectivity index (χ1n) is 10.7. The molecule has 0 aromatic heterocycles. The number of halogens is 1. The molecule has 29 heavy (non-hydrogen) atoms. The molecule has 0 spiro atoms. The maximum atomic E-state index is 13.4. The summed E-state index contributed by atoms with van der Waals surface area (Å²) in [4.78, 5) is 26.5. The molecular formula is C23H31ClN2O3. The van der Waals surface area contributed by atoms with Crippen molar-refractivity contribution in [2.75, 3.05) is 12.4 Å². The zero-order valence-electron chi connectivity index (χ0n) is 17.5. The SMILES string of the molecule is COc1ccc(Cl)cc1NC(=O)[C@@H](NC(=O)C12CC3CC(CC(C3)C1)C2)C(C)C. The maximum absolute atomic E-state index is 13.4. The molecule has 2 N–H and O–H groups in total. The van der Waals surface area contributed by atoms with E-state index in [1.54, 1.807) is 25.3 Å². The summed E-state index contributed by atoms with van der Waals surface area (Å²) in [5.41, 5.74) is 0.246. The van der Waals surface area contributed by atoms with Gasteiger partial charge in [0.15, 0.2) is 0 Å². The molecule has 0 unspecified atom stereocenters. The first-order chi connectivity index (χ1) is 13.8. The van der Waals surface area contributed by atoms with Gasteiger partial charge in [-0.3, -0.25) is 9.59 Å². The van der Waals surface area contributed by atoms with Gasteiger partial charge in [0.05, 0.1) is 12.8 Å². The molecule has 4 saturated carbocycles. The standard InChI is InChI=1S/C23H31ClN2O3/c1-13(2)20(21(27)25-18-9-17(24)4-5-19(18)29-3)26-22(28)23-10-14-6-15(11-23)8-16(7-14)12-23/h4-5,9,13-16,20H,6-8,10-12H2,1-3H3,(H,25,27)(H,26,28)/t14?,15?,16?,20-,23?/m0/s1. The second-order valence-corrected chi connectivity index (χ2v) is 10.2. The number of carbonyl (C=O) groups is 2. The molecule has 0 heterocycles. The lowest BCUT2D eigenvalue weighted by Gasteiger charge is -2.55. The molecule has 4 bridgehead atoms. The van der Waals surface area contributed by atoms with Crippen LogP contribution in [0.15, 0.2) is 18.2 Å². The molecule has 1 atom stereocenters. The molecule has 4 aliphatic carbocycles.